The molecule has 1 nitrogen and oxygen atoms in total. The molecule has 0 aliphatic carbocycles. The first kappa shape index (κ1) is 14.9. The van der Waals surface area contributed by atoms with E-state index in [0.29, 0.717) is 0 Å². The molecular formula is C16H19BrNSn. The van der Waals surface area contributed by atoms with Crippen LogP contribution in [0, 0.1) is 0 Å². The third kappa shape index (κ3) is 3.99. The second-order valence-corrected chi connectivity index (χ2v) is 15.4. The first-order chi connectivity index (χ1) is 9.22. The van der Waals surface area contributed by atoms with Gasteiger partial charge in [-0.2, -0.15) is 0 Å². The molecule has 2 aromatic carbocycles. The van der Waals surface area contributed by atoms with E-state index in [4.69, 9.17) is 0 Å². The predicted molar refractivity (Wildman–Crippen MR) is 90.1 cm³/mol. The van der Waals surface area contributed by atoms with Crippen LogP contribution in [0.4, 0.5) is 5.69 Å². The summed E-state index contributed by atoms with van der Waals surface area (Å²) in [5.74, 6) is 0. The molecule has 2 aromatic rings. The topological polar surface area (TPSA) is 3.24 Å². The molecule has 0 saturated heterocycles. The Kier molecular flexibility index (Phi) is 5.76. The van der Waals surface area contributed by atoms with Gasteiger partial charge in [-0.15, -0.1) is 0 Å². The number of hydrogen-bond donors (Lipinski definition) is 0. The minimum atomic E-state index is -1.60. The van der Waals surface area contributed by atoms with Gasteiger partial charge in [-0.05, 0) is 0 Å². The maximum absolute atomic E-state index is 3.75. The van der Waals surface area contributed by atoms with Crippen molar-refractivity contribution >= 4 is 45.0 Å². The zero-order chi connectivity index (χ0) is 13.7. The van der Waals surface area contributed by atoms with Gasteiger partial charge < -0.3 is 0 Å². The number of halogens is 1. The van der Waals surface area contributed by atoms with Crippen molar-refractivity contribution in [1.82, 2.24) is 0 Å². The second kappa shape index (κ2) is 7.34. The number of anilines is 1. The van der Waals surface area contributed by atoms with Crippen LogP contribution in [0.15, 0.2) is 54.6 Å². The summed E-state index contributed by atoms with van der Waals surface area (Å²) >= 11 is 2.15. The third-order valence-electron chi connectivity index (χ3n) is 3.22. The summed E-state index contributed by atoms with van der Waals surface area (Å²) < 4.78 is 4.03. The van der Waals surface area contributed by atoms with Gasteiger partial charge in [0.15, 0.2) is 0 Å². The number of hydrogen-bond acceptors (Lipinski definition) is 1. The van der Waals surface area contributed by atoms with Crippen molar-refractivity contribution in [3.8, 4) is 0 Å². The molecule has 2 rings (SSSR count). The van der Waals surface area contributed by atoms with Crippen LogP contribution in [-0.4, -0.2) is 37.2 Å². The second-order valence-electron chi connectivity index (χ2n) is 4.80. The molecule has 0 fully saturated rings. The summed E-state index contributed by atoms with van der Waals surface area (Å²) in [6.45, 7) is 0. The van der Waals surface area contributed by atoms with Gasteiger partial charge in [-0.3, -0.25) is 0 Å². The summed E-state index contributed by atoms with van der Waals surface area (Å²) in [4.78, 5) is 2.22. The quantitative estimate of drug-likeness (QED) is 0.527. The molecule has 0 bridgehead atoms. The zero-order valence-corrected chi connectivity index (χ0v) is 15.9. The molecule has 0 unspecified atom stereocenters. The molecule has 0 aromatic heterocycles. The van der Waals surface area contributed by atoms with E-state index in [1.807, 2.05) is 0 Å². The molecule has 99 valence electrons. The summed E-state index contributed by atoms with van der Waals surface area (Å²) in [5.41, 5.74) is 2.85. The van der Waals surface area contributed by atoms with Crippen LogP contribution in [0.3, 0.4) is 0 Å². The van der Waals surface area contributed by atoms with E-state index in [0.717, 1.165) is 0 Å². The number of para-hydroxylation sites is 1. The molecule has 3 heteroatoms. The van der Waals surface area contributed by atoms with Crippen molar-refractivity contribution in [2.75, 3.05) is 22.3 Å². The Morgan fingerprint density at radius 3 is 2.21 bits per heavy atom. The standard InChI is InChI=1S/C9H12N.C6H5.CH2Br.Sn/c1-8-6-4-5-7-9(8)10(2)3;1-2-4-6-5-3-1;1-2;/h4-7H,1H2,2-3H3;1-5H;1H2;. The van der Waals surface area contributed by atoms with Crippen molar-refractivity contribution in [1.29, 1.82) is 0 Å². The van der Waals surface area contributed by atoms with Crippen molar-refractivity contribution in [3.05, 3.63) is 60.2 Å². The molecule has 1 radical (unpaired) electrons. The Morgan fingerprint density at radius 2 is 1.58 bits per heavy atom. The van der Waals surface area contributed by atoms with Gasteiger partial charge in [0.05, 0.1) is 0 Å². The predicted octanol–water partition coefficient (Wildman–Crippen LogP) is 3.17. The first-order valence-electron chi connectivity index (χ1n) is 6.43. The fourth-order valence-electron chi connectivity index (χ4n) is 2.23. The van der Waals surface area contributed by atoms with Crippen molar-refractivity contribution < 1.29 is 0 Å². The Balaban J connectivity index is 2.24. The van der Waals surface area contributed by atoms with E-state index >= 15 is 0 Å². The van der Waals surface area contributed by atoms with Gasteiger partial charge in [-0.25, -0.2) is 0 Å². The number of benzene rings is 2. The summed E-state index contributed by atoms with van der Waals surface area (Å²) in [5, 5.41) is 0. The Labute approximate surface area is 131 Å². The molecule has 0 amide bonds. The van der Waals surface area contributed by atoms with E-state index in [1.54, 1.807) is 3.58 Å². The van der Waals surface area contributed by atoms with Gasteiger partial charge in [-0.1, -0.05) is 0 Å². The molecule has 0 spiro atoms. The molecule has 0 aliphatic heterocycles. The maximum atomic E-state index is 3.75. The van der Waals surface area contributed by atoms with Crippen LogP contribution in [0.25, 0.3) is 0 Å². The number of alkyl halides is 1. The van der Waals surface area contributed by atoms with Gasteiger partial charge >= 0.3 is 132 Å². The normalized spacial score (nSPS) is 10.7. The van der Waals surface area contributed by atoms with Crippen LogP contribution < -0.4 is 8.48 Å². The summed E-state index contributed by atoms with van der Waals surface area (Å²) in [7, 11) is 4.25. The Bertz CT molecular complexity index is 513. The molecule has 19 heavy (non-hydrogen) atoms. The number of rotatable bonds is 5. The van der Waals surface area contributed by atoms with E-state index in [2.05, 4.69) is 89.5 Å². The zero-order valence-electron chi connectivity index (χ0n) is 11.4. The van der Waals surface area contributed by atoms with Gasteiger partial charge in [0.1, 0.15) is 0 Å². The van der Waals surface area contributed by atoms with Gasteiger partial charge in [0, 0.05) is 0 Å². The molecular weight excluding hydrogens is 405 g/mol. The average molecular weight is 424 g/mol. The Hall–Kier alpha value is -0.481. The minimum absolute atomic E-state index is 1.18. The van der Waals surface area contributed by atoms with Crippen LogP contribution in [0.5, 0.6) is 0 Å². The van der Waals surface area contributed by atoms with Crippen LogP contribution in [0.1, 0.15) is 5.56 Å². The molecule has 0 saturated carbocycles. The molecule has 0 heterocycles. The van der Waals surface area contributed by atoms with Crippen molar-refractivity contribution in [2.45, 2.75) is 4.44 Å². The van der Waals surface area contributed by atoms with Crippen LogP contribution in [-0.2, 0) is 4.44 Å². The van der Waals surface area contributed by atoms with Crippen LogP contribution >= 0.6 is 15.9 Å². The van der Waals surface area contributed by atoms with E-state index < -0.39 is 19.8 Å². The average Bonchev–Trinajstić information content (AvgIpc) is 2.46. The number of nitrogens with zero attached hydrogens (tertiary/aromatic N) is 1. The van der Waals surface area contributed by atoms with Crippen molar-refractivity contribution in [2.24, 2.45) is 0 Å². The van der Waals surface area contributed by atoms with Gasteiger partial charge in [0.2, 0.25) is 0 Å². The van der Waals surface area contributed by atoms with E-state index in [9.17, 15) is 0 Å². The molecule has 0 atom stereocenters. The van der Waals surface area contributed by atoms with E-state index in [1.165, 1.54) is 19.0 Å². The fraction of sp³-hybridized carbons (Fsp3) is 0.250. The van der Waals surface area contributed by atoms with Crippen molar-refractivity contribution in [3.63, 3.8) is 0 Å². The summed E-state index contributed by atoms with van der Waals surface area (Å²) in [6.07, 6.45) is 0. The summed E-state index contributed by atoms with van der Waals surface area (Å²) in [6, 6.07) is 19.8. The van der Waals surface area contributed by atoms with Crippen LogP contribution in [0.2, 0.25) is 0 Å². The Morgan fingerprint density at radius 1 is 0.947 bits per heavy atom. The van der Waals surface area contributed by atoms with Gasteiger partial charge in [0.25, 0.3) is 0 Å². The monoisotopic (exact) mass is 424 g/mol. The van der Waals surface area contributed by atoms with E-state index in [-0.39, 0.29) is 0 Å². The molecule has 0 aliphatic rings. The third-order valence-corrected chi connectivity index (χ3v) is 14.3. The molecule has 0 N–H and O–H groups in total. The SMILES string of the molecule is CN(C)c1ccccc1[CH2][Sn]([CH2]Br)[c]1ccccc1. The fourth-order valence-corrected chi connectivity index (χ4v) is 11.1. The first-order valence-corrected chi connectivity index (χ1v) is 13.0.